The number of nitrogen functional groups attached to an aromatic ring is 1. The highest BCUT2D eigenvalue weighted by molar-refractivity contribution is 6.31. The van der Waals surface area contributed by atoms with E-state index < -0.39 is 0 Å². The summed E-state index contributed by atoms with van der Waals surface area (Å²) in [7, 11) is 0. The zero-order valence-electron chi connectivity index (χ0n) is 7.83. The van der Waals surface area contributed by atoms with Gasteiger partial charge in [-0.3, -0.25) is 0 Å². The largest absolute Gasteiger partial charge is 0.396 e. The molecule has 0 aromatic carbocycles. The van der Waals surface area contributed by atoms with Crippen LogP contribution in [0.4, 0.5) is 5.69 Å². The topological polar surface area (TPSA) is 63.8 Å². The molecular weight excluding hydrogens is 200 g/mol. The van der Waals surface area contributed by atoms with Crippen molar-refractivity contribution in [1.82, 2.24) is 15.5 Å². The lowest BCUT2D eigenvalue weighted by molar-refractivity contribution is 0.450. The minimum atomic E-state index is 0.294. The Morgan fingerprint density at radius 3 is 2.71 bits per heavy atom. The summed E-state index contributed by atoms with van der Waals surface area (Å²) in [5.74, 6) is 0.475. The number of halogens is 1. The molecule has 1 aliphatic rings. The molecule has 1 aliphatic heterocycles. The van der Waals surface area contributed by atoms with E-state index >= 15 is 0 Å². The predicted octanol–water partition coefficient (Wildman–Crippen LogP) is 1.18. The second kappa shape index (κ2) is 4.11. The van der Waals surface area contributed by atoms with Gasteiger partial charge in [-0.25, -0.2) is 0 Å². The lowest BCUT2D eigenvalue weighted by atomic mass is 9.94. The van der Waals surface area contributed by atoms with E-state index in [-0.39, 0.29) is 0 Å². The van der Waals surface area contributed by atoms with Gasteiger partial charge in [0.1, 0.15) is 0 Å². The van der Waals surface area contributed by atoms with E-state index in [0.29, 0.717) is 16.8 Å². The zero-order chi connectivity index (χ0) is 9.97. The number of nitrogens with one attached hydrogen (secondary N) is 1. The van der Waals surface area contributed by atoms with Crippen molar-refractivity contribution in [3.05, 3.63) is 16.9 Å². The second-order valence-corrected chi connectivity index (χ2v) is 3.90. The number of rotatable bonds is 1. The van der Waals surface area contributed by atoms with Gasteiger partial charge in [-0.15, -0.1) is 5.10 Å². The molecule has 1 aromatic heterocycles. The Balaban J connectivity index is 2.18. The molecular formula is C9H13ClN4. The van der Waals surface area contributed by atoms with Gasteiger partial charge in [-0.2, -0.15) is 5.10 Å². The van der Waals surface area contributed by atoms with Gasteiger partial charge in [0.05, 0.1) is 11.4 Å². The van der Waals surface area contributed by atoms with Crippen molar-refractivity contribution in [2.24, 2.45) is 0 Å². The Hall–Kier alpha value is -0.870. The summed E-state index contributed by atoms with van der Waals surface area (Å²) in [4.78, 5) is 0. The maximum absolute atomic E-state index is 5.71. The molecule has 2 rings (SSSR count). The van der Waals surface area contributed by atoms with Gasteiger partial charge in [-0.05, 0) is 32.0 Å². The molecule has 0 radical (unpaired) electrons. The highest BCUT2D eigenvalue weighted by atomic mass is 35.5. The molecule has 14 heavy (non-hydrogen) atoms. The van der Waals surface area contributed by atoms with Gasteiger partial charge in [0.15, 0.2) is 5.15 Å². The van der Waals surface area contributed by atoms with Crippen molar-refractivity contribution < 1.29 is 0 Å². The van der Waals surface area contributed by atoms with Crippen molar-refractivity contribution in [3.63, 3.8) is 0 Å². The van der Waals surface area contributed by atoms with Crippen molar-refractivity contribution >= 4 is 17.3 Å². The molecule has 0 saturated carbocycles. The van der Waals surface area contributed by atoms with E-state index in [1.165, 1.54) is 0 Å². The smallest absolute Gasteiger partial charge is 0.174 e. The average Bonchev–Trinajstić information content (AvgIpc) is 2.23. The first-order valence-corrected chi connectivity index (χ1v) is 5.14. The van der Waals surface area contributed by atoms with Crippen LogP contribution in [0.15, 0.2) is 6.07 Å². The van der Waals surface area contributed by atoms with Crippen molar-refractivity contribution in [2.45, 2.75) is 18.8 Å². The molecule has 1 fully saturated rings. The number of nitrogens with zero attached hydrogens (tertiary/aromatic N) is 2. The molecule has 4 nitrogen and oxygen atoms in total. The number of hydrogen-bond donors (Lipinski definition) is 2. The molecule has 3 N–H and O–H groups in total. The molecule has 1 aromatic rings. The van der Waals surface area contributed by atoms with E-state index in [2.05, 4.69) is 15.5 Å². The van der Waals surface area contributed by atoms with Gasteiger partial charge < -0.3 is 11.1 Å². The first-order valence-electron chi connectivity index (χ1n) is 4.76. The summed E-state index contributed by atoms with van der Waals surface area (Å²) in [5, 5.41) is 11.5. The number of hydrogen-bond acceptors (Lipinski definition) is 4. The molecule has 0 unspecified atom stereocenters. The Kier molecular flexibility index (Phi) is 2.84. The fourth-order valence-electron chi connectivity index (χ4n) is 1.72. The maximum Gasteiger partial charge on any atom is 0.174 e. The van der Waals surface area contributed by atoms with Crippen LogP contribution in [0.1, 0.15) is 24.5 Å². The van der Waals surface area contributed by atoms with Gasteiger partial charge in [0.2, 0.25) is 0 Å². The van der Waals surface area contributed by atoms with E-state index in [4.69, 9.17) is 17.3 Å². The third-order valence-electron chi connectivity index (χ3n) is 2.55. The van der Waals surface area contributed by atoms with Gasteiger partial charge >= 0.3 is 0 Å². The molecule has 0 aliphatic carbocycles. The van der Waals surface area contributed by atoms with Crippen LogP contribution in [-0.4, -0.2) is 23.3 Å². The van der Waals surface area contributed by atoms with E-state index in [0.717, 1.165) is 31.6 Å². The van der Waals surface area contributed by atoms with Crippen LogP contribution in [-0.2, 0) is 0 Å². The summed E-state index contributed by atoms with van der Waals surface area (Å²) in [6.45, 7) is 2.07. The minimum Gasteiger partial charge on any atom is -0.396 e. The first-order chi connectivity index (χ1) is 6.77. The quantitative estimate of drug-likeness (QED) is 0.734. The third-order valence-corrected chi connectivity index (χ3v) is 2.85. The molecule has 0 atom stereocenters. The Bertz CT molecular complexity index is 323. The van der Waals surface area contributed by atoms with Crippen molar-refractivity contribution in [2.75, 3.05) is 18.8 Å². The lowest BCUT2D eigenvalue weighted by Crippen LogP contribution is -2.27. The summed E-state index contributed by atoms with van der Waals surface area (Å²) in [6.07, 6.45) is 2.19. The molecule has 76 valence electrons. The summed E-state index contributed by atoms with van der Waals surface area (Å²) in [5.41, 5.74) is 7.17. The molecule has 0 amide bonds. The summed E-state index contributed by atoms with van der Waals surface area (Å²) in [6, 6.07) is 1.84. The summed E-state index contributed by atoms with van der Waals surface area (Å²) >= 11 is 5.71. The third kappa shape index (κ3) is 1.96. The average molecular weight is 213 g/mol. The molecule has 0 bridgehead atoms. The van der Waals surface area contributed by atoms with Gasteiger partial charge in [0, 0.05) is 5.92 Å². The van der Waals surface area contributed by atoms with Crippen LogP contribution in [0.25, 0.3) is 0 Å². The highest BCUT2D eigenvalue weighted by Crippen LogP contribution is 2.25. The minimum absolute atomic E-state index is 0.294. The van der Waals surface area contributed by atoms with Crippen molar-refractivity contribution in [1.29, 1.82) is 0 Å². The van der Waals surface area contributed by atoms with Gasteiger partial charge in [-0.1, -0.05) is 11.6 Å². The monoisotopic (exact) mass is 212 g/mol. The highest BCUT2D eigenvalue weighted by Gasteiger charge is 2.17. The Labute approximate surface area is 87.9 Å². The standard InChI is InChI=1S/C9H13ClN4/c10-9-7(11)5-8(13-14-9)6-1-3-12-4-2-6/h5-6,12H,1-4H2,(H2,11,13). The first kappa shape index (κ1) is 9.68. The van der Waals surface area contributed by atoms with E-state index in [9.17, 15) is 0 Å². The molecule has 5 heteroatoms. The van der Waals surface area contributed by atoms with Crippen LogP contribution in [0, 0.1) is 0 Å². The number of piperidine rings is 1. The normalized spacial score (nSPS) is 18.4. The fourth-order valence-corrected chi connectivity index (χ4v) is 1.82. The Morgan fingerprint density at radius 1 is 1.36 bits per heavy atom. The number of aromatic nitrogens is 2. The maximum atomic E-state index is 5.71. The van der Waals surface area contributed by atoms with Crippen LogP contribution in [0.2, 0.25) is 5.15 Å². The Morgan fingerprint density at radius 2 is 2.07 bits per heavy atom. The fraction of sp³-hybridized carbons (Fsp3) is 0.556. The number of nitrogens with two attached hydrogens (primary N) is 1. The van der Waals surface area contributed by atoms with Crippen molar-refractivity contribution in [3.8, 4) is 0 Å². The van der Waals surface area contributed by atoms with E-state index in [1.807, 2.05) is 6.07 Å². The molecule has 2 heterocycles. The number of anilines is 1. The molecule has 0 spiro atoms. The van der Waals surface area contributed by atoms with Gasteiger partial charge in [0.25, 0.3) is 0 Å². The van der Waals surface area contributed by atoms with E-state index in [1.54, 1.807) is 0 Å². The SMILES string of the molecule is Nc1cc(C2CCNCC2)nnc1Cl. The van der Waals surface area contributed by atoms with Crippen LogP contribution >= 0.6 is 11.6 Å². The lowest BCUT2D eigenvalue weighted by Gasteiger charge is -2.21. The van der Waals surface area contributed by atoms with Crippen LogP contribution in [0.3, 0.4) is 0 Å². The predicted molar refractivity (Wildman–Crippen MR) is 56.3 cm³/mol. The van der Waals surface area contributed by atoms with Crippen LogP contribution in [0.5, 0.6) is 0 Å². The molecule has 1 saturated heterocycles. The summed E-state index contributed by atoms with van der Waals surface area (Å²) < 4.78 is 0. The second-order valence-electron chi connectivity index (χ2n) is 3.54. The zero-order valence-corrected chi connectivity index (χ0v) is 8.59. The van der Waals surface area contributed by atoms with Crippen LogP contribution < -0.4 is 11.1 Å².